The second-order valence-corrected chi connectivity index (χ2v) is 5.66. The van der Waals surface area contributed by atoms with Crippen molar-refractivity contribution in [2.24, 2.45) is 0 Å². The van der Waals surface area contributed by atoms with E-state index in [-0.39, 0.29) is 0 Å². The maximum Gasteiger partial charge on any atom is 0.162 e. The first-order valence-corrected chi connectivity index (χ1v) is 7.34. The summed E-state index contributed by atoms with van der Waals surface area (Å²) in [4.78, 5) is 0.764. The van der Waals surface area contributed by atoms with E-state index in [0.29, 0.717) is 35.3 Å². The monoisotopic (exact) mass is 312 g/mol. The molecule has 0 fully saturated rings. The molecule has 1 unspecified atom stereocenters. The Balaban J connectivity index is 1.96. The zero-order chi connectivity index (χ0) is 14.1. The normalized spacial score (nSPS) is 14.9. The highest BCUT2D eigenvalue weighted by atomic mass is 35.5. The van der Waals surface area contributed by atoms with E-state index in [9.17, 15) is 5.11 Å². The zero-order valence-corrected chi connectivity index (χ0v) is 12.3. The molecule has 4 nitrogen and oxygen atoms in total. The number of hydrogen-bond acceptors (Lipinski definition) is 5. The van der Waals surface area contributed by atoms with Gasteiger partial charge in [0.15, 0.2) is 11.5 Å². The average Bonchev–Trinajstić information content (AvgIpc) is 2.94. The third-order valence-corrected chi connectivity index (χ3v) is 4.35. The Bertz CT molecular complexity index is 626. The van der Waals surface area contributed by atoms with Crippen LogP contribution in [0.25, 0.3) is 0 Å². The van der Waals surface area contributed by atoms with Crippen molar-refractivity contribution in [1.82, 2.24) is 0 Å². The van der Waals surface area contributed by atoms with E-state index >= 15 is 0 Å². The van der Waals surface area contributed by atoms with Crippen molar-refractivity contribution in [3.8, 4) is 17.2 Å². The summed E-state index contributed by atoms with van der Waals surface area (Å²) in [5, 5.41) is 12.7. The summed E-state index contributed by atoms with van der Waals surface area (Å²) < 4.78 is 16.1. The summed E-state index contributed by atoms with van der Waals surface area (Å²) in [6, 6.07) is 5.20. The number of halogens is 1. The molecule has 1 aliphatic heterocycles. The Labute approximate surface area is 125 Å². The van der Waals surface area contributed by atoms with Gasteiger partial charge < -0.3 is 19.3 Å². The van der Waals surface area contributed by atoms with Crippen LogP contribution >= 0.6 is 22.9 Å². The molecule has 0 radical (unpaired) electrons. The number of benzene rings is 1. The number of rotatable bonds is 3. The highest BCUT2D eigenvalue weighted by Crippen LogP contribution is 2.40. The van der Waals surface area contributed by atoms with E-state index in [1.165, 1.54) is 11.3 Å². The van der Waals surface area contributed by atoms with Crippen molar-refractivity contribution in [2.75, 3.05) is 20.3 Å². The minimum Gasteiger partial charge on any atom is -0.496 e. The summed E-state index contributed by atoms with van der Waals surface area (Å²) in [5.41, 5.74) is 0.598. The quantitative estimate of drug-likeness (QED) is 0.945. The lowest BCUT2D eigenvalue weighted by Crippen LogP contribution is -2.16. The van der Waals surface area contributed by atoms with Crippen LogP contribution < -0.4 is 14.2 Å². The van der Waals surface area contributed by atoms with Crippen LogP contribution in [0.5, 0.6) is 17.2 Å². The minimum absolute atomic E-state index is 0.453. The largest absolute Gasteiger partial charge is 0.496 e. The molecule has 20 heavy (non-hydrogen) atoms. The Morgan fingerprint density at radius 1 is 1.25 bits per heavy atom. The second kappa shape index (κ2) is 5.52. The summed E-state index contributed by atoms with van der Waals surface area (Å²) in [7, 11) is 1.59. The minimum atomic E-state index is -0.813. The highest BCUT2D eigenvalue weighted by molar-refractivity contribution is 7.10. The molecule has 1 N–H and O–H groups in total. The van der Waals surface area contributed by atoms with Gasteiger partial charge >= 0.3 is 0 Å². The van der Waals surface area contributed by atoms with Crippen molar-refractivity contribution in [2.45, 2.75) is 6.10 Å². The predicted molar refractivity (Wildman–Crippen MR) is 77.4 cm³/mol. The first-order valence-electron chi connectivity index (χ1n) is 6.08. The second-order valence-electron chi connectivity index (χ2n) is 4.31. The van der Waals surface area contributed by atoms with E-state index in [1.54, 1.807) is 25.3 Å². The molecular formula is C14H13ClO4S. The van der Waals surface area contributed by atoms with Gasteiger partial charge in [0.1, 0.15) is 25.1 Å². The maximum absolute atomic E-state index is 10.5. The molecular weight excluding hydrogens is 300 g/mol. The van der Waals surface area contributed by atoms with Crippen LogP contribution in [-0.2, 0) is 0 Å². The topological polar surface area (TPSA) is 47.9 Å². The maximum atomic E-state index is 10.5. The fraction of sp³-hybridized carbons (Fsp3) is 0.286. The van der Waals surface area contributed by atoms with Gasteiger partial charge in [-0.1, -0.05) is 11.6 Å². The van der Waals surface area contributed by atoms with Crippen molar-refractivity contribution in [3.63, 3.8) is 0 Å². The van der Waals surface area contributed by atoms with Gasteiger partial charge in [0, 0.05) is 21.9 Å². The van der Waals surface area contributed by atoms with Gasteiger partial charge in [-0.3, -0.25) is 0 Å². The van der Waals surface area contributed by atoms with Crippen molar-refractivity contribution in [3.05, 3.63) is 39.0 Å². The van der Waals surface area contributed by atoms with E-state index in [1.807, 2.05) is 5.38 Å². The van der Waals surface area contributed by atoms with Crippen LogP contribution in [0.4, 0.5) is 0 Å². The van der Waals surface area contributed by atoms with E-state index < -0.39 is 6.10 Å². The first kappa shape index (κ1) is 13.5. The van der Waals surface area contributed by atoms with E-state index in [2.05, 4.69) is 0 Å². The molecule has 3 rings (SSSR count). The van der Waals surface area contributed by atoms with Crippen molar-refractivity contribution >= 4 is 22.9 Å². The molecule has 0 aliphatic carbocycles. The SMILES string of the molecule is COc1csc(C(O)c2cc3c(cc2Cl)OCCO3)c1. The lowest BCUT2D eigenvalue weighted by atomic mass is 10.1. The van der Waals surface area contributed by atoms with Gasteiger partial charge in [-0.25, -0.2) is 0 Å². The van der Waals surface area contributed by atoms with Crippen LogP contribution in [0.3, 0.4) is 0 Å². The molecule has 1 aromatic carbocycles. The van der Waals surface area contributed by atoms with Gasteiger partial charge in [0.05, 0.1) is 12.1 Å². The van der Waals surface area contributed by atoms with Gasteiger partial charge in [0.2, 0.25) is 0 Å². The third kappa shape index (κ3) is 2.44. The first-order chi connectivity index (χ1) is 9.69. The smallest absolute Gasteiger partial charge is 0.162 e. The fourth-order valence-corrected chi connectivity index (χ4v) is 3.14. The predicted octanol–water partition coefficient (Wildman–Crippen LogP) is 3.26. The summed E-state index contributed by atoms with van der Waals surface area (Å²) in [5.74, 6) is 1.94. The van der Waals surface area contributed by atoms with Gasteiger partial charge in [0.25, 0.3) is 0 Å². The molecule has 1 aliphatic rings. The Morgan fingerprint density at radius 2 is 1.95 bits per heavy atom. The molecule has 0 saturated heterocycles. The molecule has 1 aromatic heterocycles. The van der Waals surface area contributed by atoms with Crippen molar-refractivity contribution < 1.29 is 19.3 Å². The van der Waals surface area contributed by atoms with Crippen LogP contribution in [-0.4, -0.2) is 25.4 Å². The van der Waals surface area contributed by atoms with Crippen LogP contribution in [0.15, 0.2) is 23.6 Å². The number of methoxy groups -OCH3 is 1. The average molecular weight is 313 g/mol. The number of fused-ring (bicyclic) bond motifs is 1. The molecule has 2 aromatic rings. The lowest BCUT2D eigenvalue weighted by Gasteiger charge is -2.21. The Kier molecular flexibility index (Phi) is 3.74. The summed E-state index contributed by atoms with van der Waals surface area (Å²) in [6.07, 6.45) is -0.813. The highest BCUT2D eigenvalue weighted by Gasteiger charge is 2.21. The van der Waals surface area contributed by atoms with Crippen LogP contribution in [0.1, 0.15) is 16.5 Å². The standard InChI is InChI=1S/C14H13ClO4S/c1-17-8-4-13(20-7-8)14(16)9-5-11-12(6-10(9)15)19-3-2-18-11/h4-7,14,16H,2-3H2,1H3. The molecule has 6 heteroatoms. The fourth-order valence-electron chi connectivity index (χ4n) is 2.03. The van der Waals surface area contributed by atoms with E-state index in [4.69, 9.17) is 25.8 Å². The van der Waals surface area contributed by atoms with Crippen LogP contribution in [0, 0.1) is 0 Å². The molecule has 2 heterocycles. The Hall–Kier alpha value is -1.43. The molecule has 106 valence electrons. The number of thiophene rings is 1. The number of aliphatic hydroxyl groups excluding tert-OH is 1. The Morgan fingerprint density at radius 3 is 2.60 bits per heavy atom. The zero-order valence-electron chi connectivity index (χ0n) is 10.8. The molecule has 0 bridgehead atoms. The molecule has 0 spiro atoms. The summed E-state index contributed by atoms with van der Waals surface area (Å²) in [6.45, 7) is 1.00. The van der Waals surface area contributed by atoms with Crippen LogP contribution in [0.2, 0.25) is 5.02 Å². The van der Waals surface area contributed by atoms with E-state index in [0.717, 1.165) is 10.6 Å². The number of ether oxygens (including phenoxy) is 3. The third-order valence-electron chi connectivity index (χ3n) is 3.06. The summed E-state index contributed by atoms with van der Waals surface area (Å²) >= 11 is 7.64. The molecule has 0 saturated carbocycles. The van der Waals surface area contributed by atoms with Gasteiger partial charge in [-0.15, -0.1) is 11.3 Å². The molecule has 1 atom stereocenters. The number of hydrogen-bond donors (Lipinski definition) is 1. The number of aliphatic hydroxyl groups is 1. The van der Waals surface area contributed by atoms with Gasteiger partial charge in [-0.05, 0) is 12.1 Å². The van der Waals surface area contributed by atoms with Crippen molar-refractivity contribution in [1.29, 1.82) is 0 Å². The molecule has 0 amide bonds. The lowest BCUT2D eigenvalue weighted by molar-refractivity contribution is 0.170. The van der Waals surface area contributed by atoms with Gasteiger partial charge in [-0.2, -0.15) is 0 Å².